The van der Waals surface area contributed by atoms with Crippen molar-refractivity contribution < 1.29 is 19.4 Å². The maximum absolute atomic E-state index is 11.6. The van der Waals surface area contributed by atoms with Gasteiger partial charge in [-0.1, -0.05) is 0 Å². The lowest BCUT2D eigenvalue weighted by molar-refractivity contribution is 0.0600. The monoisotopic (exact) mass is 376 g/mol. The van der Waals surface area contributed by atoms with Crippen molar-refractivity contribution in [2.24, 2.45) is 4.99 Å². The summed E-state index contributed by atoms with van der Waals surface area (Å²) in [5, 5.41) is 8.96. The summed E-state index contributed by atoms with van der Waals surface area (Å²) in [4.78, 5) is 27.0. The molecule has 0 atom stereocenters. The number of carboxylic acids is 1. The number of rotatable bonds is 5. The molecule has 0 bridgehead atoms. The first-order valence-corrected chi connectivity index (χ1v) is 8.66. The van der Waals surface area contributed by atoms with Gasteiger partial charge >= 0.3 is 11.9 Å². The Balaban J connectivity index is 1.87. The Hall–Kier alpha value is -3.67. The van der Waals surface area contributed by atoms with Gasteiger partial charge in [0.2, 0.25) is 0 Å². The molecule has 0 unspecified atom stereocenters. The molecule has 0 fully saturated rings. The molecule has 6 heteroatoms. The highest BCUT2D eigenvalue weighted by molar-refractivity contribution is 5.90. The predicted molar refractivity (Wildman–Crippen MR) is 107 cm³/mol. The van der Waals surface area contributed by atoms with E-state index < -0.39 is 5.97 Å². The lowest BCUT2D eigenvalue weighted by Crippen LogP contribution is -2.03. The van der Waals surface area contributed by atoms with Crippen LogP contribution in [-0.2, 0) is 4.74 Å². The number of carbonyl (C=O) groups excluding carboxylic acids is 1. The molecule has 0 amide bonds. The zero-order valence-electron chi connectivity index (χ0n) is 15.8. The molecule has 3 rings (SSSR count). The van der Waals surface area contributed by atoms with Gasteiger partial charge in [-0.2, -0.15) is 0 Å². The number of nitrogens with zero attached hydrogens (tertiary/aromatic N) is 2. The number of hydrogen-bond acceptors (Lipinski definition) is 4. The van der Waals surface area contributed by atoms with Crippen molar-refractivity contribution in [2.45, 2.75) is 13.8 Å². The third kappa shape index (κ3) is 3.86. The van der Waals surface area contributed by atoms with Crippen LogP contribution in [0, 0.1) is 13.8 Å². The maximum atomic E-state index is 11.6. The summed E-state index contributed by atoms with van der Waals surface area (Å²) >= 11 is 0. The van der Waals surface area contributed by atoms with E-state index in [9.17, 15) is 9.59 Å². The fourth-order valence-electron chi connectivity index (χ4n) is 3.01. The van der Waals surface area contributed by atoms with Crippen molar-refractivity contribution in [2.75, 3.05) is 7.11 Å². The standard InChI is InChI=1S/C22H20N2O4/c1-14-12-18(13-23-19-8-4-16(5-9-19)21(25)26)15(2)24(14)20-10-6-17(7-11-20)22(27)28-3/h4-13H,1-3H3,(H,25,26). The fraction of sp³-hybridized carbons (Fsp3) is 0.136. The van der Waals surface area contributed by atoms with E-state index in [0.29, 0.717) is 11.3 Å². The lowest BCUT2D eigenvalue weighted by atomic mass is 10.2. The van der Waals surface area contributed by atoms with Crippen LogP contribution in [0.3, 0.4) is 0 Å². The molecule has 1 aromatic heterocycles. The number of carbonyl (C=O) groups is 2. The van der Waals surface area contributed by atoms with Gasteiger partial charge in [0.25, 0.3) is 0 Å². The number of aromatic nitrogens is 1. The van der Waals surface area contributed by atoms with Crippen molar-refractivity contribution in [3.63, 3.8) is 0 Å². The largest absolute Gasteiger partial charge is 0.478 e. The van der Waals surface area contributed by atoms with Crippen molar-refractivity contribution in [1.29, 1.82) is 0 Å². The van der Waals surface area contributed by atoms with E-state index in [0.717, 1.165) is 22.6 Å². The van der Waals surface area contributed by atoms with Gasteiger partial charge < -0.3 is 14.4 Å². The number of aryl methyl sites for hydroxylation is 1. The lowest BCUT2D eigenvalue weighted by Gasteiger charge is -2.10. The molecule has 0 saturated heterocycles. The van der Waals surface area contributed by atoms with Gasteiger partial charge in [0.1, 0.15) is 0 Å². The number of aliphatic imine (C=N–C) groups is 1. The Bertz CT molecular complexity index is 1050. The van der Waals surface area contributed by atoms with Crippen molar-refractivity contribution in [3.05, 3.63) is 82.7 Å². The number of aromatic carboxylic acids is 1. The van der Waals surface area contributed by atoms with Crippen LogP contribution in [0.15, 0.2) is 59.6 Å². The molecule has 0 spiro atoms. The van der Waals surface area contributed by atoms with E-state index in [1.54, 1.807) is 30.5 Å². The first kappa shape index (κ1) is 19.1. The van der Waals surface area contributed by atoms with E-state index in [1.165, 1.54) is 19.2 Å². The van der Waals surface area contributed by atoms with E-state index in [4.69, 9.17) is 9.84 Å². The SMILES string of the molecule is COC(=O)c1ccc(-n2c(C)cc(C=Nc3ccc(C(=O)O)cc3)c2C)cc1. The zero-order chi connectivity index (χ0) is 20.3. The van der Waals surface area contributed by atoms with Crippen LogP contribution in [0.1, 0.15) is 37.7 Å². The van der Waals surface area contributed by atoms with E-state index >= 15 is 0 Å². The molecule has 0 aliphatic heterocycles. The molecule has 0 radical (unpaired) electrons. The second-order valence-electron chi connectivity index (χ2n) is 6.31. The van der Waals surface area contributed by atoms with Gasteiger partial charge in [-0.05, 0) is 68.4 Å². The fourth-order valence-corrected chi connectivity index (χ4v) is 3.01. The maximum Gasteiger partial charge on any atom is 0.337 e. The molecular weight excluding hydrogens is 356 g/mol. The molecule has 6 nitrogen and oxygen atoms in total. The zero-order valence-corrected chi connectivity index (χ0v) is 15.8. The van der Waals surface area contributed by atoms with Gasteiger partial charge in [-0.25, -0.2) is 9.59 Å². The summed E-state index contributed by atoms with van der Waals surface area (Å²) in [6.07, 6.45) is 1.76. The van der Waals surface area contributed by atoms with E-state index in [1.807, 2.05) is 32.0 Å². The molecule has 1 heterocycles. The minimum Gasteiger partial charge on any atom is -0.478 e. The molecule has 28 heavy (non-hydrogen) atoms. The topological polar surface area (TPSA) is 80.9 Å². The Labute approximate surface area is 162 Å². The second-order valence-corrected chi connectivity index (χ2v) is 6.31. The van der Waals surface area contributed by atoms with Gasteiger partial charge in [0.15, 0.2) is 0 Å². The summed E-state index contributed by atoms with van der Waals surface area (Å²) in [7, 11) is 1.36. The Kier molecular flexibility index (Phi) is 5.40. The number of benzene rings is 2. The molecule has 3 aromatic rings. The minimum absolute atomic E-state index is 0.229. The van der Waals surface area contributed by atoms with Crippen molar-refractivity contribution >= 4 is 23.8 Å². The average molecular weight is 376 g/mol. The van der Waals surface area contributed by atoms with Crippen LogP contribution < -0.4 is 0 Å². The van der Waals surface area contributed by atoms with Crippen LogP contribution >= 0.6 is 0 Å². The van der Waals surface area contributed by atoms with Crippen LogP contribution in [-0.4, -0.2) is 34.9 Å². The highest BCUT2D eigenvalue weighted by Crippen LogP contribution is 2.21. The summed E-state index contributed by atoms with van der Waals surface area (Å²) in [6, 6.07) is 15.6. The highest BCUT2D eigenvalue weighted by atomic mass is 16.5. The van der Waals surface area contributed by atoms with E-state index in [2.05, 4.69) is 9.56 Å². The van der Waals surface area contributed by atoms with Crippen molar-refractivity contribution in [1.82, 2.24) is 4.57 Å². The molecule has 2 aromatic carbocycles. The quantitative estimate of drug-likeness (QED) is 0.531. The van der Waals surface area contributed by atoms with Gasteiger partial charge in [0.05, 0.1) is 23.9 Å². The Morgan fingerprint density at radius 1 is 1.00 bits per heavy atom. The summed E-state index contributed by atoms with van der Waals surface area (Å²) in [5.74, 6) is -1.33. The normalized spacial score (nSPS) is 11.0. The third-order valence-electron chi connectivity index (χ3n) is 4.48. The first-order chi connectivity index (χ1) is 13.4. The average Bonchev–Trinajstić information content (AvgIpc) is 2.99. The minimum atomic E-state index is -0.961. The van der Waals surface area contributed by atoms with Gasteiger partial charge in [0, 0.05) is 28.9 Å². The second kappa shape index (κ2) is 7.92. The number of methoxy groups -OCH3 is 1. The Morgan fingerprint density at radius 3 is 2.18 bits per heavy atom. The van der Waals surface area contributed by atoms with Crippen LogP contribution in [0.2, 0.25) is 0 Å². The molecular formula is C22H20N2O4. The number of carboxylic acid groups (broad SMARTS) is 1. The molecule has 1 N–H and O–H groups in total. The highest BCUT2D eigenvalue weighted by Gasteiger charge is 2.11. The molecule has 0 aliphatic carbocycles. The van der Waals surface area contributed by atoms with Gasteiger partial charge in [-0.3, -0.25) is 4.99 Å². The Morgan fingerprint density at radius 2 is 1.61 bits per heavy atom. The predicted octanol–water partition coefficient (Wildman–Crippen LogP) is 4.33. The molecule has 0 aliphatic rings. The van der Waals surface area contributed by atoms with Gasteiger partial charge in [-0.15, -0.1) is 0 Å². The third-order valence-corrected chi connectivity index (χ3v) is 4.48. The molecule has 0 saturated carbocycles. The summed E-state index contributed by atoms with van der Waals surface area (Å²) in [6.45, 7) is 4.00. The van der Waals surface area contributed by atoms with Crippen LogP contribution in [0.4, 0.5) is 5.69 Å². The summed E-state index contributed by atoms with van der Waals surface area (Å²) < 4.78 is 6.81. The van der Waals surface area contributed by atoms with Crippen molar-refractivity contribution in [3.8, 4) is 5.69 Å². The van der Waals surface area contributed by atoms with E-state index in [-0.39, 0.29) is 11.5 Å². The summed E-state index contributed by atoms with van der Waals surface area (Å²) in [5.41, 5.74) is 5.34. The number of hydrogen-bond donors (Lipinski definition) is 1. The van der Waals surface area contributed by atoms with Crippen LogP contribution in [0.5, 0.6) is 0 Å². The number of ether oxygens (including phenoxy) is 1. The first-order valence-electron chi connectivity index (χ1n) is 8.66. The smallest absolute Gasteiger partial charge is 0.337 e. The molecule has 142 valence electrons. The number of esters is 1. The van der Waals surface area contributed by atoms with Crippen LogP contribution in [0.25, 0.3) is 5.69 Å².